The maximum atomic E-state index is 6.13. The molecule has 0 aromatic heterocycles. The van der Waals surface area contributed by atoms with Crippen molar-refractivity contribution in [2.75, 3.05) is 65.4 Å². The van der Waals surface area contributed by atoms with Gasteiger partial charge in [-0.05, 0) is 62.3 Å². The predicted molar refractivity (Wildman–Crippen MR) is 120 cm³/mol. The fourth-order valence-corrected chi connectivity index (χ4v) is 15.3. The van der Waals surface area contributed by atoms with Gasteiger partial charge in [-0.2, -0.15) is 0 Å². The lowest BCUT2D eigenvalue weighted by Crippen LogP contribution is -2.45. The summed E-state index contributed by atoms with van der Waals surface area (Å²) in [5.74, 6) is 0. The van der Waals surface area contributed by atoms with Gasteiger partial charge in [-0.3, -0.25) is 0 Å². The lowest BCUT2D eigenvalue weighted by molar-refractivity contribution is 0.384. The maximum Gasteiger partial charge on any atom is 0.352 e. The molecule has 0 unspecified atom stereocenters. The molecule has 0 saturated carbocycles. The Hall–Kier alpha value is 0.420. The van der Waals surface area contributed by atoms with E-state index in [1.165, 1.54) is 110 Å². The van der Waals surface area contributed by atoms with Crippen molar-refractivity contribution in [3.05, 3.63) is 0 Å². The minimum absolute atomic E-state index is 1.13. The van der Waals surface area contributed by atoms with Crippen LogP contribution in [-0.2, 0) is 0 Å². The van der Waals surface area contributed by atoms with Crippen LogP contribution in [-0.4, -0.2) is 84.1 Å². The van der Waals surface area contributed by atoms with Crippen LogP contribution in [0.25, 0.3) is 0 Å². The third-order valence-corrected chi connectivity index (χ3v) is 15.2. The van der Waals surface area contributed by atoms with Crippen LogP contribution in [0.3, 0.4) is 0 Å². The van der Waals surface area contributed by atoms with Crippen molar-refractivity contribution in [1.82, 2.24) is 28.9 Å². The second-order valence-electron chi connectivity index (χ2n) is 9.04. The molecule has 0 aromatic carbocycles. The quantitative estimate of drug-likeness (QED) is 0.653. The average Bonchev–Trinajstić information content (AvgIpc) is 3.55. The van der Waals surface area contributed by atoms with Crippen LogP contribution in [0.1, 0.15) is 57.8 Å². The van der Waals surface area contributed by atoms with Crippen LogP contribution in [0.5, 0.6) is 0 Å². The lowest BCUT2D eigenvalue weighted by atomic mass is 10.4. The highest BCUT2D eigenvalue weighted by atomic mass is 31.2. The van der Waals surface area contributed by atoms with Gasteiger partial charge in [0.2, 0.25) is 7.51 Å². The minimum atomic E-state index is -1.83. The number of nitrogens with zero attached hydrogens (tertiary/aromatic N) is 5. The van der Waals surface area contributed by atoms with Crippen molar-refractivity contribution in [1.29, 1.82) is 0 Å². The summed E-state index contributed by atoms with van der Waals surface area (Å²) in [5, 5.41) is 8.01. The summed E-state index contributed by atoms with van der Waals surface area (Å²) in [6, 6.07) is 0. The molecule has 0 bridgehead atoms. The fraction of sp³-hybridized carbons (Fsp3) is 1.00. The third kappa shape index (κ3) is 3.65. The Kier molecular flexibility index (Phi) is 6.45. The van der Waals surface area contributed by atoms with Crippen LogP contribution in [0.4, 0.5) is 0 Å². The molecule has 0 radical (unpaired) electrons. The fourth-order valence-electron chi connectivity index (χ4n) is 5.71. The van der Waals surface area contributed by atoms with Crippen LogP contribution in [0.15, 0.2) is 4.52 Å². The first-order chi connectivity index (χ1) is 13.8. The summed E-state index contributed by atoms with van der Waals surface area (Å²) in [7, 11) is -3.65. The molecule has 160 valence electrons. The normalized spacial score (nSPS) is 31.1. The van der Waals surface area contributed by atoms with Gasteiger partial charge in [0.1, 0.15) is 0 Å². The monoisotopic (exact) mass is 428 g/mol. The molecular weight excluding hydrogens is 388 g/mol. The molecule has 5 saturated heterocycles. The van der Waals surface area contributed by atoms with Gasteiger partial charge in [-0.15, -0.1) is 14.8 Å². The van der Waals surface area contributed by atoms with E-state index in [0.717, 1.165) is 13.1 Å². The van der Waals surface area contributed by atoms with Gasteiger partial charge in [0.25, 0.3) is 0 Å². The second kappa shape index (κ2) is 8.88. The molecule has 2 N–H and O–H groups in total. The topological polar surface area (TPSA) is 49.4 Å². The van der Waals surface area contributed by atoms with Crippen LogP contribution in [0, 0.1) is 0 Å². The molecule has 7 nitrogen and oxygen atoms in total. The highest BCUT2D eigenvalue weighted by Gasteiger charge is 2.55. The standard InChI is InChI=1S/C19H40N7P2/c1-2-13-23(12-1)27(20-10-9-11-21-27)22-28(24-14-3-4-15-24,25-16-5-6-17-25)26-18-7-8-19-26/h20-21H,1-19H2/q+1. The zero-order chi connectivity index (χ0) is 18.9. The van der Waals surface area contributed by atoms with E-state index in [9.17, 15) is 0 Å². The van der Waals surface area contributed by atoms with Crippen molar-refractivity contribution < 1.29 is 0 Å². The van der Waals surface area contributed by atoms with Gasteiger partial charge in [0, 0.05) is 65.4 Å². The molecule has 0 spiro atoms. The Labute approximate surface area is 172 Å². The second-order valence-corrected chi connectivity index (χ2v) is 14.9. The molecule has 5 fully saturated rings. The SMILES string of the molecule is C1CN[P+](N=P(N2CCCC2)(N2CCCC2)N2CCCC2)(N2CCCC2)NC1. The van der Waals surface area contributed by atoms with E-state index in [0.29, 0.717) is 0 Å². The summed E-state index contributed by atoms with van der Waals surface area (Å²) in [6.45, 7) is 12.2. The van der Waals surface area contributed by atoms with Crippen molar-refractivity contribution in [3.8, 4) is 0 Å². The first-order valence-corrected chi connectivity index (χ1v) is 15.2. The molecule has 0 amide bonds. The first kappa shape index (κ1) is 20.3. The van der Waals surface area contributed by atoms with E-state index in [2.05, 4.69) is 28.9 Å². The summed E-state index contributed by atoms with van der Waals surface area (Å²) < 4.78 is 17.5. The Morgan fingerprint density at radius 2 is 0.929 bits per heavy atom. The highest BCUT2D eigenvalue weighted by molar-refractivity contribution is 7.76. The van der Waals surface area contributed by atoms with Gasteiger partial charge >= 0.3 is 7.87 Å². The largest absolute Gasteiger partial charge is 0.352 e. The van der Waals surface area contributed by atoms with Crippen LogP contribution in [0.2, 0.25) is 0 Å². The number of rotatable bonds is 5. The van der Waals surface area contributed by atoms with Gasteiger partial charge in [0.15, 0.2) is 0 Å². The van der Waals surface area contributed by atoms with E-state index >= 15 is 0 Å². The zero-order valence-corrected chi connectivity index (χ0v) is 19.4. The van der Waals surface area contributed by atoms with Crippen molar-refractivity contribution >= 4 is 15.4 Å². The van der Waals surface area contributed by atoms with Crippen LogP contribution < -0.4 is 10.2 Å². The molecule has 0 atom stereocenters. The van der Waals surface area contributed by atoms with E-state index in [-0.39, 0.29) is 0 Å². The van der Waals surface area contributed by atoms with E-state index in [1.807, 2.05) is 0 Å². The molecule has 5 aliphatic rings. The first-order valence-electron chi connectivity index (χ1n) is 11.9. The zero-order valence-electron chi connectivity index (χ0n) is 17.6. The molecule has 5 aliphatic heterocycles. The Morgan fingerprint density at radius 1 is 0.536 bits per heavy atom. The molecule has 0 aliphatic carbocycles. The van der Waals surface area contributed by atoms with Crippen molar-refractivity contribution in [2.45, 2.75) is 57.8 Å². The summed E-state index contributed by atoms with van der Waals surface area (Å²) in [5.41, 5.74) is 0. The molecule has 28 heavy (non-hydrogen) atoms. The van der Waals surface area contributed by atoms with Gasteiger partial charge in [-0.25, -0.2) is 14.0 Å². The molecule has 9 heteroatoms. The van der Waals surface area contributed by atoms with Gasteiger partial charge in [0.05, 0.1) is 0 Å². The van der Waals surface area contributed by atoms with Crippen molar-refractivity contribution in [2.24, 2.45) is 4.52 Å². The Balaban J connectivity index is 1.63. The average molecular weight is 429 g/mol. The number of hydrogen-bond donors (Lipinski definition) is 2. The Morgan fingerprint density at radius 3 is 1.36 bits per heavy atom. The number of nitrogens with one attached hydrogen (secondary N) is 2. The highest BCUT2D eigenvalue weighted by Crippen LogP contribution is 2.72. The summed E-state index contributed by atoms with van der Waals surface area (Å²) >= 11 is 0. The van der Waals surface area contributed by atoms with E-state index < -0.39 is 15.4 Å². The van der Waals surface area contributed by atoms with Gasteiger partial charge < -0.3 is 0 Å². The Bertz CT molecular complexity index is 523. The lowest BCUT2D eigenvalue weighted by Gasteiger charge is -2.46. The number of hydrogen-bond acceptors (Lipinski definition) is 4. The predicted octanol–water partition coefficient (Wildman–Crippen LogP) is 3.58. The van der Waals surface area contributed by atoms with Crippen molar-refractivity contribution in [3.63, 3.8) is 0 Å². The third-order valence-electron chi connectivity index (χ3n) is 7.15. The maximum absolute atomic E-state index is 6.13. The molecular formula is C19H40N7P2+. The van der Waals surface area contributed by atoms with Crippen LogP contribution >= 0.6 is 15.4 Å². The minimum Gasteiger partial charge on any atom is -0.243 e. The smallest absolute Gasteiger partial charge is 0.243 e. The van der Waals surface area contributed by atoms with E-state index in [4.69, 9.17) is 4.52 Å². The molecule has 0 aromatic rings. The summed E-state index contributed by atoms with van der Waals surface area (Å²) in [6.07, 6.45) is 12.0. The van der Waals surface area contributed by atoms with E-state index in [1.54, 1.807) is 0 Å². The van der Waals surface area contributed by atoms with Gasteiger partial charge in [-0.1, -0.05) is 0 Å². The molecule has 5 rings (SSSR count). The molecule has 5 heterocycles. The summed E-state index contributed by atoms with van der Waals surface area (Å²) in [4.78, 5) is 0.